The minimum atomic E-state index is -0.938. The molecule has 116 valence electrons. The molecule has 1 fully saturated rings. The largest absolute Gasteiger partial charge is 0.481 e. The Kier molecular flexibility index (Phi) is 5.19. The highest BCUT2D eigenvalue weighted by atomic mass is 32.1. The van der Waals surface area contributed by atoms with Gasteiger partial charge < -0.3 is 20.1 Å². The summed E-state index contributed by atoms with van der Waals surface area (Å²) in [6.45, 7) is 4.78. The topological polar surface area (TPSA) is 78.9 Å². The minimum absolute atomic E-state index is 0.0256. The molecular formula is C14H20N2O4S. The monoisotopic (exact) mass is 312 g/mol. The Hall–Kier alpha value is -1.60. The number of thiophene rings is 1. The third kappa shape index (κ3) is 3.95. The first-order chi connectivity index (χ1) is 9.99. The van der Waals surface area contributed by atoms with Gasteiger partial charge in [-0.3, -0.25) is 4.79 Å². The Morgan fingerprint density at radius 3 is 2.86 bits per heavy atom. The molecule has 1 saturated heterocycles. The molecule has 2 heterocycles. The summed E-state index contributed by atoms with van der Waals surface area (Å²) >= 11 is 1.59. The lowest BCUT2D eigenvalue weighted by atomic mass is 10.0. The van der Waals surface area contributed by atoms with Gasteiger partial charge in [0.2, 0.25) is 0 Å². The number of carboxylic acids is 1. The Morgan fingerprint density at radius 1 is 1.52 bits per heavy atom. The molecule has 2 unspecified atom stereocenters. The molecule has 2 amide bonds. The van der Waals surface area contributed by atoms with Crippen molar-refractivity contribution < 1.29 is 19.4 Å². The van der Waals surface area contributed by atoms with Crippen molar-refractivity contribution in [3.05, 3.63) is 22.4 Å². The second-order valence-corrected chi connectivity index (χ2v) is 6.37. The molecule has 2 N–H and O–H groups in total. The van der Waals surface area contributed by atoms with Gasteiger partial charge in [-0.1, -0.05) is 6.07 Å². The van der Waals surface area contributed by atoms with E-state index in [0.29, 0.717) is 6.54 Å². The van der Waals surface area contributed by atoms with E-state index < -0.39 is 17.9 Å². The summed E-state index contributed by atoms with van der Waals surface area (Å²) in [4.78, 5) is 26.3. The molecule has 1 aromatic rings. The van der Waals surface area contributed by atoms with Crippen molar-refractivity contribution >= 4 is 23.3 Å². The maximum Gasteiger partial charge on any atom is 0.318 e. The maximum absolute atomic E-state index is 12.4. The summed E-state index contributed by atoms with van der Waals surface area (Å²) in [6.07, 6.45) is 0. The summed E-state index contributed by atoms with van der Waals surface area (Å²) in [7, 11) is 0. The Labute approximate surface area is 127 Å². The van der Waals surface area contributed by atoms with E-state index >= 15 is 0 Å². The maximum atomic E-state index is 12.4. The number of aliphatic carboxylic acids is 1. The SMILES string of the molecule is CC(C)N(Cc1cccs1)C(=O)NC1COCC1C(=O)O. The first-order valence-corrected chi connectivity index (χ1v) is 7.77. The van der Waals surface area contributed by atoms with E-state index in [1.54, 1.807) is 16.2 Å². The summed E-state index contributed by atoms with van der Waals surface area (Å²) in [5.41, 5.74) is 0. The van der Waals surface area contributed by atoms with Crippen LogP contribution in [-0.4, -0.2) is 47.3 Å². The normalized spacial score (nSPS) is 21.5. The van der Waals surface area contributed by atoms with Gasteiger partial charge in [-0.2, -0.15) is 0 Å². The molecule has 1 aliphatic heterocycles. The summed E-state index contributed by atoms with van der Waals surface area (Å²) in [5.74, 6) is -1.61. The Bertz CT molecular complexity index is 489. The highest BCUT2D eigenvalue weighted by Crippen LogP contribution is 2.17. The van der Waals surface area contributed by atoms with Crippen LogP contribution in [0.25, 0.3) is 0 Å². The lowest BCUT2D eigenvalue weighted by Gasteiger charge is -2.28. The fourth-order valence-corrected chi connectivity index (χ4v) is 2.94. The average molecular weight is 312 g/mol. The minimum Gasteiger partial charge on any atom is -0.481 e. The van der Waals surface area contributed by atoms with Crippen LogP contribution in [0.4, 0.5) is 4.79 Å². The molecule has 0 aliphatic carbocycles. The predicted octanol–water partition coefficient (Wildman–Crippen LogP) is 1.77. The second-order valence-electron chi connectivity index (χ2n) is 5.34. The molecule has 0 bridgehead atoms. The highest BCUT2D eigenvalue weighted by molar-refractivity contribution is 7.09. The quantitative estimate of drug-likeness (QED) is 0.868. The number of urea groups is 1. The number of hydrogen-bond acceptors (Lipinski definition) is 4. The van der Waals surface area contributed by atoms with Crippen LogP contribution in [-0.2, 0) is 16.1 Å². The van der Waals surface area contributed by atoms with Crippen LogP contribution in [0.1, 0.15) is 18.7 Å². The number of carbonyl (C=O) groups excluding carboxylic acids is 1. The van der Waals surface area contributed by atoms with Gasteiger partial charge in [-0.05, 0) is 25.3 Å². The van der Waals surface area contributed by atoms with Crippen LogP contribution in [0.3, 0.4) is 0 Å². The van der Waals surface area contributed by atoms with Crippen LogP contribution in [0.15, 0.2) is 17.5 Å². The van der Waals surface area contributed by atoms with Crippen LogP contribution in [0, 0.1) is 5.92 Å². The number of carbonyl (C=O) groups is 2. The first-order valence-electron chi connectivity index (χ1n) is 6.89. The second kappa shape index (κ2) is 6.91. The van der Waals surface area contributed by atoms with E-state index in [9.17, 15) is 9.59 Å². The molecule has 1 aromatic heterocycles. The molecule has 2 atom stereocenters. The van der Waals surface area contributed by atoms with Gasteiger partial charge in [0.05, 0.1) is 25.8 Å². The number of hydrogen-bond donors (Lipinski definition) is 2. The van der Waals surface area contributed by atoms with Gasteiger partial charge in [0.1, 0.15) is 5.92 Å². The van der Waals surface area contributed by atoms with Gasteiger partial charge in [0.25, 0.3) is 0 Å². The standard InChI is InChI=1S/C14H20N2O4S/c1-9(2)16(6-10-4-3-5-21-10)14(19)15-12-8-20-7-11(12)13(17)18/h3-5,9,11-12H,6-8H2,1-2H3,(H,15,19)(H,17,18). The summed E-state index contributed by atoms with van der Waals surface area (Å²) < 4.78 is 5.17. The predicted molar refractivity (Wildman–Crippen MR) is 79.3 cm³/mol. The fraction of sp³-hybridized carbons (Fsp3) is 0.571. The van der Waals surface area contributed by atoms with Crippen molar-refractivity contribution in [3.8, 4) is 0 Å². The number of carboxylic acid groups (broad SMARTS) is 1. The molecular weight excluding hydrogens is 292 g/mol. The van der Waals surface area contributed by atoms with Gasteiger partial charge in [-0.25, -0.2) is 4.79 Å². The third-order valence-corrected chi connectivity index (χ3v) is 4.36. The molecule has 0 saturated carbocycles. The summed E-state index contributed by atoms with van der Waals surface area (Å²) in [5, 5.41) is 13.9. The number of nitrogens with one attached hydrogen (secondary N) is 1. The zero-order valence-electron chi connectivity index (χ0n) is 12.1. The number of nitrogens with zero attached hydrogens (tertiary/aromatic N) is 1. The van der Waals surface area contributed by atoms with Crippen molar-refractivity contribution in [2.75, 3.05) is 13.2 Å². The van der Waals surface area contributed by atoms with E-state index in [2.05, 4.69) is 5.32 Å². The van der Waals surface area contributed by atoms with Crippen LogP contribution in [0.2, 0.25) is 0 Å². The van der Waals surface area contributed by atoms with Crippen LogP contribution < -0.4 is 5.32 Å². The van der Waals surface area contributed by atoms with Gasteiger partial charge in [0, 0.05) is 10.9 Å². The zero-order valence-corrected chi connectivity index (χ0v) is 12.9. The molecule has 7 heteroatoms. The zero-order chi connectivity index (χ0) is 15.4. The third-order valence-electron chi connectivity index (χ3n) is 3.50. The van der Waals surface area contributed by atoms with Crippen molar-refractivity contribution in [1.82, 2.24) is 10.2 Å². The fourth-order valence-electron chi connectivity index (χ4n) is 2.24. The molecule has 2 rings (SSSR count). The molecule has 21 heavy (non-hydrogen) atoms. The van der Waals surface area contributed by atoms with Gasteiger partial charge in [-0.15, -0.1) is 11.3 Å². The lowest BCUT2D eigenvalue weighted by Crippen LogP contribution is -2.50. The van der Waals surface area contributed by atoms with E-state index in [4.69, 9.17) is 9.84 Å². The molecule has 1 aliphatic rings. The number of amides is 2. The lowest BCUT2D eigenvalue weighted by molar-refractivity contribution is -0.142. The molecule has 0 radical (unpaired) electrons. The van der Waals surface area contributed by atoms with Crippen LogP contribution in [0.5, 0.6) is 0 Å². The molecule has 0 aromatic carbocycles. The first kappa shape index (κ1) is 15.8. The van der Waals surface area contributed by atoms with E-state index in [-0.39, 0.29) is 25.3 Å². The van der Waals surface area contributed by atoms with Gasteiger partial charge in [0.15, 0.2) is 0 Å². The van der Waals surface area contributed by atoms with Crippen molar-refractivity contribution in [2.24, 2.45) is 5.92 Å². The van der Waals surface area contributed by atoms with E-state index in [0.717, 1.165) is 4.88 Å². The van der Waals surface area contributed by atoms with Crippen LogP contribution >= 0.6 is 11.3 Å². The van der Waals surface area contributed by atoms with Gasteiger partial charge >= 0.3 is 12.0 Å². The molecule has 0 spiro atoms. The van der Waals surface area contributed by atoms with Crippen molar-refractivity contribution in [1.29, 1.82) is 0 Å². The Morgan fingerprint density at radius 2 is 2.29 bits per heavy atom. The van der Waals surface area contributed by atoms with Crippen molar-refractivity contribution in [2.45, 2.75) is 32.5 Å². The highest BCUT2D eigenvalue weighted by Gasteiger charge is 2.36. The van der Waals surface area contributed by atoms with Crippen molar-refractivity contribution in [3.63, 3.8) is 0 Å². The van der Waals surface area contributed by atoms with E-state index in [1.807, 2.05) is 31.4 Å². The number of ether oxygens (including phenoxy) is 1. The smallest absolute Gasteiger partial charge is 0.318 e. The summed E-state index contributed by atoms with van der Waals surface area (Å²) in [6, 6.07) is 3.23. The van der Waals surface area contributed by atoms with E-state index in [1.165, 1.54) is 0 Å². The number of rotatable bonds is 5. The molecule has 6 nitrogen and oxygen atoms in total. The Balaban J connectivity index is 2.00. The average Bonchev–Trinajstić information content (AvgIpc) is 3.05.